The van der Waals surface area contributed by atoms with Crippen molar-refractivity contribution in [3.8, 4) is 5.75 Å². The van der Waals surface area contributed by atoms with E-state index in [0.717, 1.165) is 6.07 Å². The van der Waals surface area contributed by atoms with Crippen LogP contribution in [-0.4, -0.2) is 16.8 Å². The van der Waals surface area contributed by atoms with Gasteiger partial charge in [-0.25, -0.2) is 0 Å². The summed E-state index contributed by atoms with van der Waals surface area (Å²) in [6, 6.07) is 2.01. The van der Waals surface area contributed by atoms with E-state index in [2.05, 4.69) is 4.74 Å². The van der Waals surface area contributed by atoms with Crippen LogP contribution < -0.4 is 4.74 Å². The number of hydrogen-bond donors (Lipinski definition) is 0. The molecule has 0 saturated heterocycles. The second kappa shape index (κ2) is 5.15. The number of nitro benzene ring substituents is 1. The first-order valence-electron chi connectivity index (χ1n) is 4.28. The van der Waals surface area contributed by atoms with Crippen LogP contribution in [0.25, 0.3) is 0 Å². The fourth-order valence-electron chi connectivity index (χ4n) is 1.07. The molecule has 0 radical (unpaired) electrons. The van der Waals surface area contributed by atoms with Gasteiger partial charge in [0.2, 0.25) is 0 Å². The summed E-state index contributed by atoms with van der Waals surface area (Å²) in [5, 5.41) is 10.5. The molecule has 19 heavy (non-hydrogen) atoms. The summed E-state index contributed by atoms with van der Waals surface area (Å²) in [7, 11) is 0. The molecular weight excluding hydrogens is 304 g/mol. The maximum Gasteiger partial charge on any atom is 0.573 e. The molecule has 1 aromatic carbocycles. The smallest absolute Gasteiger partial charge is 0.404 e. The van der Waals surface area contributed by atoms with Crippen LogP contribution in [0, 0.1) is 10.1 Å². The molecule has 1 rings (SSSR count). The van der Waals surface area contributed by atoms with Crippen LogP contribution in [0.3, 0.4) is 0 Å². The number of benzene rings is 1. The third-order valence-corrected chi connectivity index (χ3v) is 2.44. The monoisotopic (exact) mass is 307 g/mol. The van der Waals surface area contributed by atoms with Crippen molar-refractivity contribution in [1.29, 1.82) is 0 Å². The van der Waals surface area contributed by atoms with E-state index in [0.29, 0.717) is 12.1 Å². The summed E-state index contributed by atoms with van der Waals surface area (Å²) in [6.07, 6.45) is -5.25. The number of halogens is 6. The van der Waals surface area contributed by atoms with Crippen molar-refractivity contribution >= 4 is 17.4 Å². The average Bonchev–Trinajstić information content (AvgIpc) is 2.15. The van der Waals surface area contributed by atoms with E-state index in [9.17, 15) is 36.5 Å². The minimum absolute atomic E-state index is 0.564. The molecule has 0 heterocycles. The van der Waals surface area contributed by atoms with E-state index in [4.69, 9.17) is 0 Å². The average molecular weight is 307 g/mol. The second-order valence-corrected chi connectivity index (χ2v) is 4.03. The number of nitrogens with zero attached hydrogens (tertiary/aromatic N) is 1. The molecule has 0 spiro atoms. The normalized spacial score (nSPS) is 12.3. The Hall–Kier alpha value is -1.65. The van der Waals surface area contributed by atoms with Gasteiger partial charge in [0.1, 0.15) is 10.6 Å². The van der Waals surface area contributed by atoms with Crippen molar-refractivity contribution in [2.45, 2.75) is 16.8 Å². The molecule has 0 bridgehead atoms. The predicted molar refractivity (Wildman–Crippen MR) is 51.7 cm³/mol. The highest BCUT2D eigenvalue weighted by Crippen LogP contribution is 2.47. The predicted octanol–water partition coefficient (Wildman–Crippen LogP) is 4.11. The minimum Gasteiger partial charge on any atom is -0.404 e. The first kappa shape index (κ1) is 15.4. The highest BCUT2D eigenvalue weighted by atomic mass is 32.2. The lowest BCUT2D eigenvalue weighted by Gasteiger charge is -2.13. The standard InChI is InChI=1S/C8H3F6NO3S/c9-7(10,11)18-5-3-1-2-4(15(16)17)6(5)19-8(12,13)14/h1-3H. The van der Waals surface area contributed by atoms with Gasteiger partial charge in [0.25, 0.3) is 5.69 Å². The Morgan fingerprint density at radius 1 is 1.16 bits per heavy atom. The van der Waals surface area contributed by atoms with Crippen LogP contribution in [0.4, 0.5) is 32.0 Å². The minimum atomic E-state index is -5.25. The Morgan fingerprint density at radius 2 is 1.74 bits per heavy atom. The highest BCUT2D eigenvalue weighted by Gasteiger charge is 2.39. The second-order valence-electron chi connectivity index (χ2n) is 2.96. The summed E-state index contributed by atoms with van der Waals surface area (Å²) in [4.78, 5) is 8.04. The number of ether oxygens (including phenoxy) is 1. The molecule has 0 N–H and O–H groups in total. The maximum atomic E-state index is 12.2. The molecule has 0 fully saturated rings. The van der Waals surface area contributed by atoms with E-state index in [1.807, 2.05) is 0 Å². The van der Waals surface area contributed by atoms with Gasteiger partial charge in [-0.15, -0.1) is 13.2 Å². The zero-order valence-electron chi connectivity index (χ0n) is 8.58. The van der Waals surface area contributed by atoms with Crippen molar-refractivity contribution in [2.75, 3.05) is 0 Å². The molecule has 0 atom stereocenters. The van der Waals surface area contributed by atoms with Crippen molar-refractivity contribution in [3.63, 3.8) is 0 Å². The lowest BCUT2D eigenvalue weighted by Crippen LogP contribution is -2.18. The Labute approximate surface area is 105 Å². The Balaban J connectivity index is 3.30. The fourth-order valence-corrected chi connectivity index (χ4v) is 1.76. The van der Waals surface area contributed by atoms with Crippen LogP contribution in [0.15, 0.2) is 23.1 Å². The number of thioether (sulfide) groups is 1. The summed E-state index contributed by atoms with van der Waals surface area (Å²) in [6.45, 7) is 0. The van der Waals surface area contributed by atoms with Crippen LogP contribution >= 0.6 is 11.8 Å². The van der Waals surface area contributed by atoms with Crippen molar-refractivity contribution in [2.24, 2.45) is 0 Å². The van der Waals surface area contributed by atoms with Crippen molar-refractivity contribution in [1.82, 2.24) is 0 Å². The molecule has 0 amide bonds. The topological polar surface area (TPSA) is 52.4 Å². The molecule has 106 valence electrons. The third-order valence-electron chi connectivity index (χ3n) is 1.60. The fraction of sp³-hybridized carbons (Fsp3) is 0.250. The van der Waals surface area contributed by atoms with Gasteiger partial charge in [0.05, 0.1) is 4.92 Å². The van der Waals surface area contributed by atoms with Gasteiger partial charge in [-0.05, 0) is 17.8 Å². The lowest BCUT2D eigenvalue weighted by atomic mass is 10.3. The first-order valence-corrected chi connectivity index (χ1v) is 5.10. The number of nitro groups is 1. The highest BCUT2D eigenvalue weighted by molar-refractivity contribution is 8.00. The summed E-state index contributed by atoms with van der Waals surface area (Å²) in [5.74, 6) is -1.27. The number of alkyl halides is 6. The zero-order chi connectivity index (χ0) is 14.8. The van der Waals surface area contributed by atoms with E-state index in [-0.39, 0.29) is 0 Å². The van der Waals surface area contributed by atoms with Gasteiger partial charge in [-0.1, -0.05) is 6.07 Å². The van der Waals surface area contributed by atoms with Gasteiger partial charge in [-0.2, -0.15) is 13.2 Å². The van der Waals surface area contributed by atoms with Crippen molar-refractivity contribution in [3.05, 3.63) is 28.3 Å². The molecule has 0 aromatic heterocycles. The van der Waals surface area contributed by atoms with Crippen LogP contribution in [0.5, 0.6) is 5.75 Å². The quantitative estimate of drug-likeness (QED) is 0.365. The van der Waals surface area contributed by atoms with Crippen LogP contribution in [0.2, 0.25) is 0 Å². The summed E-state index contributed by atoms with van der Waals surface area (Å²) >= 11 is -1.04. The van der Waals surface area contributed by atoms with Gasteiger partial charge in [0, 0.05) is 6.07 Å². The SMILES string of the molecule is O=[N+]([O-])c1cccc(OC(F)(F)F)c1SC(F)(F)F. The molecule has 0 aliphatic carbocycles. The van der Waals surface area contributed by atoms with E-state index < -0.39 is 44.9 Å². The third kappa shape index (κ3) is 4.85. The number of rotatable bonds is 3. The summed E-state index contributed by atoms with van der Waals surface area (Å²) < 4.78 is 76.0. The van der Waals surface area contributed by atoms with Gasteiger partial charge >= 0.3 is 11.9 Å². The van der Waals surface area contributed by atoms with E-state index in [1.54, 1.807) is 0 Å². The van der Waals surface area contributed by atoms with Gasteiger partial charge < -0.3 is 4.74 Å². The molecule has 1 aromatic rings. The molecule has 0 saturated carbocycles. The van der Waals surface area contributed by atoms with Crippen molar-refractivity contribution < 1.29 is 36.0 Å². The Morgan fingerprint density at radius 3 is 2.16 bits per heavy atom. The largest absolute Gasteiger partial charge is 0.573 e. The van der Waals surface area contributed by atoms with Crippen LogP contribution in [-0.2, 0) is 0 Å². The summed E-state index contributed by atoms with van der Waals surface area (Å²) in [5.41, 5.74) is -6.11. The first-order chi connectivity index (χ1) is 8.49. The van der Waals surface area contributed by atoms with E-state index in [1.165, 1.54) is 0 Å². The molecule has 4 nitrogen and oxygen atoms in total. The molecule has 0 unspecified atom stereocenters. The number of hydrogen-bond acceptors (Lipinski definition) is 4. The van der Waals surface area contributed by atoms with Gasteiger partial charge in [0.15, 0.2) is 0 Å². The zero-order valence-corrected chi connectivity index (χ0v) is 9.40. The van der Waals surface area contributed by atoms with E-state index >= 15 is 0 Å². The lowest BCUT2D eigenvalue weighted by molar-refractivity contribution is -0.388. The molecule has 11 heteroatoms. The molecule has 0 aliphatic rings. The maximum absolute atomic E-state index is 12.2. The Kier molecular flexibility index (Phi) is 4.18. The van der Waals surface area contributed by atoms with Crippen LogP contribution in [0.1, 0.15) is 0 Å². The molecular formula is C8H3F6NO3S. The molecule has 0 aliphatic heterocycles. The van der Waals surface area contributed by atoms with Gasteiger partial charge in [-0.3, -0.25) is 10.1 Å². The Bertz CT molecular complexity index is 486.